The number of para-hydroxylation sites is 1. The second-order valence-corrected chi connectivity index (χ2v) is 5.21. The maximum atomic E-state index is 8.88. The summed E-state index contributed by atoms with van der Waals surface area (Å²) in [6, 6.07) is 15.0. The first-order valence-electron chi connectivity index (χ1n) is 6.77. The number of pyridine rings is 1. The number of hydrogen-bond acceptors (Lipinski definition) is 4. The van der Waals surface area contributed by atoms with Crippen LogP contribution >= 0.6 is 11.6 Å². The molecule has 0 spiro atoms. The van der Waals surface area contributed by atoms with Gasteiger partial charge < -0.3 is 0 Å². The van der Waals surface area contributed by atoms with Gasteiger partial charge in [0.1, 0.15) is 22.9 Å². The normalized spacial score (nSPS) is 10.1. The van der Waals surface area contributed by atoms with E-state index < -0.39 is 0 Å². The molecule has 0 aliphatic heterocycles. The van der Waals surface area contributed by atoms with Crippen LogP contribution in [0.4, 0.5) is 0 Å². The molecule has 0 saturated heterocycles. The number of aromatic nitrogens is 3. The molecule has 5 nitrogen and oxygen atoms in total. The maximum absolute atomic E-state index is 8.88. The third-order valence-electron chi connectivity index (χ3n) is 3.36. The molecule has 0 aliphatic rings. The molecule has 2 aromatic heterocycles. The van der Waals surface area contributed by atoms with Gasteiger partial charge in [-0.2, -0.15) is 15.6 Å². The molecule has 0 aliphatic carbocycles. The van der Waals surface area contributed by atoms with Crippen molar-refractivity contribution >= 4 is 28.7 Å². The molecule has 0 amide bonds. The van der Waals surface area contributed by atoms with Gasteiger partial charge in [-0.25, -0.2) is 9.67 Å². The summed E-state index contributed by atoms with van der Waals surface area (Å²) in [5, 5.41) is 23.3. The molecular weight excluding hydrogens is 310 g/mol. The third kappa shape index (κ3) is 2.66. The second-order valence-electron chi connectivity index (χ2n) is 4.85. The Bertz CT molecular complexity index is 987. The van der Waals surface area contributed by atoms with Crippen molar-refractivity contribution in [3.05, 3.63) is 58.4 Å². The van der Waals surface area contributed by atoms with E-state index in [1.807, 2.05) is 49.4 Å². The zero-order chi connectivity index (χ0) is 16.4. The van der Waals surface area contributed by atoms with Crippen LogP contribution in [0.25, 0.3) is 22.8 Å². The number of aryl methyl sites for hydroxylation is 1. The van der Waals surface area contributed by atoms with Gasteiger partial charge in [0.25, 0.3) is 0 Å². The van der Waals surface area contributed by atoms with Crippen molar-refractivity contribution in [3.8, 4) is 17.8 Å². The summed E-state index contributed by atoms with van der Waals surface area (Å²) in [4.78, 5) is 4.40. The smallest absolute Gasteiger partial charge is 0.164 e. The Balaban J connectivity index is 2.25. The number of nitriles is 2. The second kappa shape index (κ2) is 5.92. The average Bonchev–Trinajstić information content (AvgIpc) is 2.89. The minimum Gasteiger partial charge on any atom is -0.216 e. The van der Waals surface area contributed by atoms with Gasteiger partial charge in [0.05, 0.1) is 11.4 Å². The molecule has 6 heteroatoms. The fourth-order valence-electron chi connectivity index (χ4n) is 2.27. The molecule has 0 saturated carbocycles. The van der Waals surface area contributed by atoms with Crippen LogP contribution in [0, 0.1) is 29.6 Å². The van der Waals surface area contributed by atoms with Crippen molar-refractivity contribution in [2.45, 2.75) is 6.92 Å². The first kappa shape index (κ1) is 14.8. The summed E-state index contributed by atoms with van der Waals surface area (Å²) in [5.41, 5.74) is 2.80. The molecule has 0 N–H and O–H groups in total. The van der Waals surface area contributed by atoms with Crippen molar-refractivity contribution in [1.29, 1.82) is 10.5 Å². The Morgan fingerprint density at radius 3 is 2.57 bits per heavy atom. The predicted molar refractivity (Wildman–Crippen MR) is 87.8 cm³/mol. The largest absolute Gasteiger partial charge is 0.216 e. The van der Waals surface area contributed by atoms with Crippen LogP contribution < -0.4 is 0 Å². The van der Waals surface area contributed by atoms with Crippen LogP contribution in [0.1, 0.15) is 11.3 Å². The Hall–Kier alpha value is -3.15. The number of halogens is 1. The Morgan fingerprint density at radius 2 is 1.91 bits per heavy atom. The SMILES string of the molecule is Cc1nn(-c2ccccc2)c2nc(Cl)c(C=C(C#N)C#N)cc12. The van der Waals surface area contributed by atoms with E-state index in [-0.39, 0.29) is 10.7 Å². The lowest BCUT2D eigenvalue weighted by atomic mass is 10.1. The van der Waals surface area contributed by atoms with Crippen LogP contribution in [0.2, 0.25) is 5.15 Å². The van der Waals surface area contributed by atoms with E-state index in [1.165, 1.54) is 6.08 Å². The van der Waals surface area contributed by atoms with Gasteiger partial charge in [0, 0.05) is 10.9 Å². The Labute approximate surface area is 137 Å². The highest BCUT2D eigenvalue weighted by molar-refractivity contribution is 6.31. The van der Waals surface area contributed by atoms with Gasteiger partial charge >= 0.3 is 0 Å². The van der Waals surface area contributed by atoms with Gasteiger partial charge in [-0.05, 0) is 31.2 Å². The zero-order valence-corrected chi connectivity index (χ0v) is 12.9. The lowest BCUT2D eigenvalue weighted by Gasteiger charge is -2.03. The molecule has 3 rings (SSSR count). The van der Waals surface area contributed by atoms with E-state index >= 15 is 0 Å². The lowest BCUT2D eigenvalue weighted by Crippen LogP contribution is -1.98. The van der Waals surface area contributed by atoms with E-state index in [2.05, 4.69) is 10.1 Å². The molecule has 1 aromatic carbocycles. The zero-order valence-electron chi connectivity index (χ0n) is 12.2. The monoisotopic (exact) mass is 319 g/mol. The van der Waals surface area contributed by atoms with Crippen molar-refractivity contribution in [2.75, 3.05) is 0 Å². The highest BCUT2D eigenvalue weighted by Crippen LogP contribution is 2.26. The van der Waals surface area contributed by atoms with Gasteiger partial charge in [0.2, 0.25) is 0 Å². The Kier molecular flexibility index (Phi) is 3.80. The highest BCUT2D eigenvalue weighted by Gasteiger charge is 2.13. The lowest BCUT2D eigenvalue weighted by molar-refractivity contribution is 0.878. The van der Waals surface area contributed by atoms with Gasteiger partial charge in [-0.3, -0.25) is 0 Å². The molecule has 0 fully saturated rings. The van der Waals surface area contributed by atoms with Crippen molar-refractivity contribution in [1.82, 2.24) is 14.8 Å². The van der Waals surface area contributed by atoms with Gasteiger partial charge in [-0.1, -0.05) is 29.8 Å². The van der Waals surface area contributed by atoms with E-state index in [1.54, 1.807) is 10.7 Å². The summed E-state index contributed by atoms with van der Waals surface area (Å²) < 4.78 is 1.72. The fourth-order valence-corrected chi connectivity index (χ4v) is 2.46. The molecule has 3 aromatic rings. The first-order chi connectivity index (χ1) is 11.1. The summed E-state index contributed by atoms with van der Waals surface area (Å²) in [6.07, 6.45) is 1.42. The van der Waals surface area contributed by atoms with Crippen LogP contribution in [0.15, 0.2) is 42.0 Å². The van der Waals surface area contributed by atoms with Gasteiger partial charge in [0.15, 0.2) is 5.65 Å². The van der Waals surface area contributed by atoms with Crippen LogP contribution in [-0.4, -0.2) is 14.8 Å². The number of allylic oxidation sites excluding steroid dienone is 1. The van der Waals surface area contributed by atoms with Crippen LogP contribution in [0.3, 0.4) is 0 Å². The van der Waals surface area contributed by atoms with Crippen molar-refractivity contribution in [2.24, 2.45) is 0 Å². The topological polar surface area (TPSA) is 78.3 Å². The third-order valence-corrected chi connectivity index (χ3v) is 3.67. The summed E-state index contributed by atoms with van der Waals surface area (Å²) >= 11 is 6.21. The molecule has 2 heterocycles. The molecule has 0 radical (unpaired) electrons. The van der Waals surface area contributed by atoms with E-state index in [0.29, 0.717) is 11.2 Å². The summed E-state index contributed by atoms with van der Waals surface area (Å²) in [6.45, 7) is 1.88. The summed E-state index contributed by atoms with van der Waals surface area (Å²) in [7, 11) is 0. The number of benzene rings is 1. The minimum atomic E-state index is -0.0267. The first-order valence-corrected chi connectivity index (χ1v) is 7.15. The number of rotatable bonds is 2. The average molecular weight is 320 g/mol. The maximum Gasteiger partial charge on any atom is 0.164 e. The number of fused-ring (bicyclic) bond motifs is 1. The standard InChI is InChI=1S/C17H10ClN5/c1-11-15-8-13(7-12(9-19)10-20)16(18)21-17(15)23(22-11)14-5-3-2-4-6-14/h2-8H,1H3. The van der Waals surface area contributed by atoms with E-state index in [0.717, 1.165) is 16.8 Å². The molecule has 0 bridgehead atoms. The Morgan fingerprint density at radius 1 is 1.22 bits per heavy atom. The fraction of sp³-hybridized carbons (Fsp3) is 0.0588. The van der Waals surface area contributed by atoms with Crippen LogP contribution in [-0.2, 0) is 0 Å². The molecule has 0 atom stereocenters. The molecule has 110 valence electrons. The molecule has 23 heavy (non-hydrogen) atoms. The quantitative estimate of drug-likeness (QED) is 0.531. The highest BCUT2D eigenvalue weighted by atomic mass is 35.5. The predicted octanol–water partition coefficient (Wildman–Crippen LogP) is 3.81. The minimum absolute atomic E-state index is 0.0267. The molecular formula is C17H10ClN5. The van der Waals surface area contributed by atoms with E-state index in [9.17, 15) is 0 Å². The van der Waals surface area contributed by atoms with Gasteiger partial charge in [-0.15, -0.1) is 0 Å². The number of hydrogen-bond donors (Lipinski definition) is 0. The molecule has 0 unspecified atom stereocenters. The van der Waals surface area contributed by atoms with Crippen LogP contribution in [0.5, 0.6) is 0 Å². The van der Waals surface area contributed by atoms with Crippen molar-refractivity contribution < 1.29 is 0 Å². The van der Waals surface area contributed by atoms with E-state index in [4.69, 9.17) is 22.1 Å². The summed E-state index contributed by atoms with van der Waals surface area (Å²) in [5.74, 6) is 0. The van der Waals surface area contributed by atoms with Crippen molar-refractivity contribution in [3.63, 3.8) is 0 Å². The number of nitrogens with zero attached hydrogens (tertiary/aromatic N) is 5.